The summed E-state index contributed by atoms with van der Waals surface area (Å²) < 4.78 is 10.6. The van der Waals surface area contributed by atoms with Crippen LogP contribution in [0.2, 0.25) is 0 Å². The molecule has 3 aromatic rings. The van der Waals surface area contributed by atoms with Crippen LogP contribution >= 0.6 is 22.7 Å². The molecule has 1 N–H and O–H groups in total. The van der Waals surface area contributed by atoms with Gasteiger partial charge in [-0.05, 0) is 22.9 Å². The van der Waals surface area contributed by atoms with E-state index in [0.29, 0.717) is 5.69 Å². The molecular formula is C21H22N2O4S2. The van der Waals surface area contributed by atoms with Gasteiger partial charge in [-0.25, -0.2) is 14.6 Å². The molecule has 1 atom stereocenters. The van der Waals surface area contributed by atoms with Crippen LogP contribution in [0.25, 0.3) is 10.6 Å². The van der Waals surface area contributed by atoms with Gasteiger partial charge in [-0.1, -0.05) is 44.2 Å². The predicted octanol–water partition coefficient (Wildman–Crippen LogP) is 4.87. The van der Waals surface area contributed by atoms with Gasteiger partial charge in [0.05, 0.1) is 5.69 Å². The van der Waals surface area contributed by atoms with Crippen molar-refractivity contribution < 1.29 is 19.1 Å². The quantitative estimate of drug-likeness (QED) is 0.516. The molecular weight excluding hydrogens is 408 g/mol. The maximum Gasteiger partial charge on any atom is 0.408 e. The molecule has 6 nitrogen and oxygen atoms in total. The SMILES string of the molecule is CC(C)[C@H](NC(=O)OCc1ccccc1)C(=O)OCc1csc(-c2ccsc2)n1. The summed E-state index contributed by atoms with van der Waals surface area (Å²) in [5.41, 5.74) is 2.61. The van der Waals surface area contributed by atoms with Gasteiger partial charge in [0, 0.05) is 16.3 Å². The molecule has 0 fully saturated rings. The van der Waals surface area contributed by atoms with Gasteiger partial charge in [0.2, 0.25) is 0 Å². The molecule has 2 heterocycles. The molecule has 0 radical (unpaired) electrons. The van der Waals surface area contributed by atoms with Crippen molar-refractivity contribution in [3.05, 3.63) is 63.8 Å². The number of thiazole rings is 1. The number of hydrogen-bond donors (Lipinski definition) is 1. The minimum absolute atomic E-state index is 0.0590. The van der Waals surface area contributed by atoms with E-state index in [1.807, 2.05) is 66.4 Å². The van der Waals surface area contributed by atoms with Crippen molar-refractivity contribution in [2.45, 2.75) is 33.1 Å². The Morgan fingerprint density at radius 3 is 2.55 bits per heavy atom. The summed E-state index contributed by atoms with van der Waals surface area (Å²) >= 11 is 3.11. The molecule has 1 amide bonds. The Kier molecular flexibility index (Phi) is 7.37. The number of esters is 1. The zero-order valence-corrected chi connectivity index (χ0v) is 17.8. The first-order valence-corrected chi connectivity index (χ1v) is 11.0. The van der Waals surface area contributed by atoms with Crippen molar-refractivity contribution in [1.29, 1.82) is 0 Å². The highest BCUT2D eigenvalue weighted by Crippen LogP contribution is 2.26. The van der Waals surface area contributed by atoms with Gasteiger partial charge in [0.15, 0.2) is 0 Å². The average Bonchev–Trinajstić information content (AvgIpc) is 3.41. The number of aromatic nitrogens is 1. The van der Waals surface area contributed by atoms with E-state index in [-0.39, 0.29) is 19.1 Å². The Morgan fingerprint density at radius 2 is 1.86 bits per heavy atom. The summed E-state index contributed by atoms with van der Waals surface area (Å²) in [6.07, 6.45) is -0.655. The monoisotopic (exact) mass is 430 g/mol. The molecule has 2 aromatic heterocycles. The van der Waals surface area contributed by atoms with Gasteiger partial charge in [0.25, 0.3) is 0 Å². The number of hydrogen-bond acceptors (Lipinski definition) is 7. The fourth-order valence-corrected chi connectivity index (χ4v) is 4.03. The van der Waals surface area contributed by atoms with E-state index in [4.69, 9.17) is 9.47 Å². The number of thiophene rings is 1. The number of alkyl carbamates (subject to hydrolysis) is 1. The lowest BCUT2D eigenvalue weighted by atomic mass is 10.1. The van der Waals surface area contributed by atoms with Crippen LogP contribution in [-0.4, -0.2) is 23.1 Å². The summed E-state index contributed by atoms with van der Waals surface area (Å²) in [5.74, 6) is -0.662. The summed E-state index contributed by atoms with van der Waals surface area (Å²) in [5, 5.41) is 9.37. The second kappa shape index (κ2) is 10.2. The largest absolute Gasteiger partial charge is 0.458 e. The first-order valence-electron chi connectivity index (χ1n) is 9.13. The lowest BCUT2D eigenvalue weighted by Gasteiger charge is -2.20. The summed E-state index contributed by atoms with van der Waals surface area (Å²) in [6, 6.07) is 10.5. The first-order chi connectivity index (χ1) is 14.0. The van der Waals surface area contributed by atoms with Gasteiger partial charge >= 0.3 is 12.1 Å². The Hall–Kier alpha value is -2.71. The molecule has 0 aliphatic heterocycles. The minimum Gasteiger partial charge on any atom is -0.458 e. The Bertz CT molecular complexity index is 923. The van der Waals surface area contributed by atoms with Crippen LogP contribution in [0, 0.1) is 5.92 Å². The number of benzene rings is 1. The molecule has 0 aliphatic carbocycles. The van der Waals surface area contributed by atoms with Crippen LogP contribution < -0.4 is 5.32 Å². The van der Waals surface area contributed by atoms with Crippen LogP contribution in [0.5, 0.6) is 0 Å². The van der Waals surface area contributed by atoms with E-state index >= 15 is 0 Å². The number of carbonyl (C=O) groups is 2. The van der Waals surface area contributed by atoms with Crippen molar-refractivity contribution in [3.8, 4) is 10.6 Å². The third-order valence-electron chi connectivity index (χ3n) is 4.09. The average molecular weight is 431 g/mol. The van der Waals surface area contributed by atoms with E-state index in [0.717, 1.165) is 16.1 Å². The lowest BCUT2D eigenvalue weighted by molar-refractivity contribution is -0.148. The molecule has 0 bridgehead atoms. The number of nitrogens with zero attached hydrogens (tertiary/aromatic N) is 1. The smallest absolute Gasteiger partial charge is 0.408 e. The molecule has 0 saturated heterocycles. The molecule has 29 heavy (non-hydrogen) atoms. The summed E-state index contributed by atoms with van der Waals surface area (Å²) in [6.45, 7) is 3.86. The van der Waals surface area contributed by atoms with E-state index < -0.39 is 18.1 Å². The van der Waals surface area contributed by atoms with Gasteiger partial charge < -0.3 is 14.8 Å². The molecule has 0 spiro atoms. The third-order valence-corrected chi connectivity index (χ3v) is 5.71. The van der Waals surface area contributed by atoms with Gasteiger partial charge in [0.1, 0.15) is 24.3 Å². The molecule has 152 valence electrons. The molecule has 1 aromatic carbocycles. The topological polar surface area (TPSA) is 77.5 Å². The fraction of sp³-hybridized carbons (Fsp3) is 0.286. The molecule has 0 saturated carbocycles. The highest BCUT2D eigenvalue weighted by Gasteiger charge is 2.26. The van der Waals surface area contributed by atoms with Crippen LogP contribution in [-0.2, 0) is 27.5 Å². The second-order valence-corrected chi connectivity index (χ2v) is 8.33. The maximum atomic E-state index is 12.5. The van der Waals surface area contributed by atoms with E-state index in [1.54, 1.807) is 11.3 Å². The highest BCUT2D eigenvalue weighted by atomic mass is 32.1. The standard InChI is InChI=1S/C21H22N2O4S2/c1-14(2)18(23-21(25)27-10-15-6-4-3-5-7-15)20(24)26-11-17-13-29-19(22-17)16-8-9-28-12-16/h3-9,12-14,18H,10-11H2,1-2H3,(H,23,25)/t18-/m0/s1. The summed E-state index contributed by atoms with van der Waals surface area (Å²) in [7, 11) is 0. The Labute approximate surface area is 177 Å². The molecule has 3 rings (SSSR count). The molecule has 8 heteroatoms. The van der Waals surface area contributed by atoms with Gasteiger partial charge in [-0.15, -0.1) is 11.3 Å². The van der Waals surface area contributed by atoms with Crippen molar-refractivity contribution >= 4 is 34.7 Å². The maximum absolute atomic E-state index is 12.5. The predicted molar refractivity (Wildman–Crippen MR) is 114 cm³/mol. The first kappa shape index (κ1) is 21.0. The lowest BCUT2D eigenvalue weighted by Crippen LogP contribution is -2.45. The van der Waals surface area contributed by atoms with Crippen molar-refractivity contribution in [3.63, 3.8) is 0 Å². The minimum atomic E-state index is -0.798. The molecule has 0 aliphatic rings. The number of ether oxygens (including phenoxy) is 2. The number of rotatable bonds is 8. The van der Waals surface area contributed by atoms with Gasteiger partial charge in [-0.2, -0.15) is 11.3 Å². The normalized spacial score (nSPS) is 11.8. The second-order valence-electron chi connectivity index (χ2n) is 6.69. The fourth-order valence-electron chi connectivity index (χ4n) is 2.52. The van der Waals surface area contributed by atoms with Crippen molar-refractivity contribution in [2.75, 3.05) is 0 Å². The van der Waals surface area contributed by atoms with Crippen LogP contribution in [0.4, 0.5) is 4.79 Å². The Morgan fingerprint density at radius 1 is 1.07 bits per heavy atom. The van der Waals surface area contributed by atoms with Crippen molar-refractivity contribution in [1.82, 2.24) is 10.3 Å². The van der Waals surface area contributed by atoms with Crippen LogP contribution in [0.1, 0.15) is 25.1 Å². The van der Waals surface area contributed by atoms with Crippen LogP contribution in [0.3, 0.4) is 0 Å². The van der Waals surface area contributed by atoms with E-state index in [1.165, 1.54) is 11.3 Å². The number of carbonyl (C=O) groups excluding carboxylic acids is 2. The van der Waals surface area contributed by atoms with E-state index in [2.05, 4.69) is 10.3 Å². The summed E-state index contributed by atoms with van der Waals surface area (Å²) in [4.78, 5) is 29.1. The van der Waals surface area contributed by atoms with E-state index in [9.17, 15) is 9.59 Å². The Balaban J connectivity index is 1.50. The zero-order chi connectivity index (χ0) is 20.6. The number of amides is 1. The van der Waals surface area contributed by atoms with Gasteiger partial charge in [-0.3, -0.25) is 0 Å². The number of nitrogens with one attached hydrogen (secondary N) is 1. The molecule has 0 unspecified atom stereocenters. The zero-order valence-electron chi connectivity index (χ0n) is 16.2. The van der Waals surface area contributed by atoms with Crippen LogP contribution in [0.15, 0.2) is 52.5 Å². The third kappa shape index (κ3) is 6.13. The van der Waals surface area contributed by atoms with Crippen molar-refractivity contribution in [2.24, 2.45) is 5.92 Å². The highest BCUT2D eigenvalue weighted by molar-refractivity contribution is 7.14.